The third-order valence-electron chi connectivity index (χ3n) is 6.99. The molecule has 0 N–H and O–H groups in total. The van der Waals surface area contributed by atoms with Crippen LogP contribution in [0.3, 0.4) is 0 Å². The van der Waals surface area contributed by atoms with E-state index in [9.17, 15) is 0 Å². The van der Waals surface area contributed by atoms with Gasteiger partial charge in [0.25, 0.3) is 0 Å². The second-order valence-electron chi connectivity index (χ2n) is 9.99. The summed E-state index contributed by atoms with van der Waals surface area (Å²) < 4.78 is 16.7. The Morgan fingerprint density at radius 2 is 0.854 bits per heavy atom. The van der Waals surface area contributed by atoms with Crippen molar-refractivity contribution in [2.24, 2.45) is 0 Å². The monoisotopic (exact) mass is 674 g/mol. The second kappa shape index (κ2) is 15.9. The first-order chi connectivity index (χ1) is 19.8. The van der Waals surface area contributed by atoms with E-state index in [0.29, 0.717) is 18.0 Å². The van der Waals surface area contributed by atoms with E-state index in [1.165, 1.54) is 5.56 Å². The van der Waals surface area contributed by atoms with E-state index in [0.717, 1.165) is 52.1 Å². The van der Waals surface area contributed by atoms with Crippen molar-refractivity contribution < 1.29 is 14.2 Å². The summed E-state index contributed by atoms with van der Waals surface area (Å²) in [5, 5.41) is 2.24. The third-order valence-corrected chi connectivity index (χ3v) is 8.38. The first kappa shape index (κ1) is 31.8. The molecule has 1 unspecified atom stereocenters. The summed E-state index contributed by atoms with van der Waals surface area (Å²) >= 11 is 20.9. The van der Waals surface area contributed by atoms with Crippen LogP contribution >= 0.6 is 50.7 Å². The lowest BCUT2D eigenvalue weighted by atomic mass is 10.1. The smallest absolute Gasteiger partial charge is 0.249 e. The molecule has 9 heteroatoms. The van der Waals surface area contributed by atoms with Crippen LogP contribution in [0.4, 0.5) is 0 Å². The Bertz CT molecular complexity index is 1250. The maximum Gasteiger partial charge on any atom is 0.249 e. The maximum absolute atomic E-state index is 6.91. The number of alkyl halides is 1. The summed E-state index contributed by atoms with van der Waals surface area (Å²) in [7, 11) is 0. The molecule has 3 aromatic carbocycles. The van der Waals surface area contributed by atoms with Crippen molar-refractivity contribution in [3.05, 3.63) is 127 Å². The molecule has 5 nitrogen and oxygen atoms in total. The molecule has 0 spiro atoms. The fourth-order valence-electron chi connectivity index (χ4n) is 4.72. The molecule has 6 rings (SSSR count). The molecule has 0 radical (unpaired) electrons. The van der Waals surface area contributed by atoms with Gasteiger partial charge in [0.2, 0.25) is 12.1 Å². The molecule has 41 heavy (non-hydrogen) atoms. The SMILES string of the molecule is Clc1ccc([C@H]2CC(Br)CO2)cc1.[C-]#[N+][C@@H]1CO[C@@H](c2ccc(Cl)cc2)C1.[C-]#[N+][C@H]1CO[C@@H](c2ccc(Cl)cc2)C1. The van der Waals surface area contributed by atoms with Gasteiger partial charge in [0, 0.05) is 19.9 Å². The number of benzene rings is 3. The summed E-state index contributed by atoms with van der Waals surface area (Å²) in [4.78, 5) is 7.45. The maximum atomic E-state index is 6.91. The molecule has 3 aliphatic heterocycles. The first-order valence-corrected chi connectivity index (χ1v) is 15.4. The molecule has 3 heterocycles. The van der Waals surface area contributed by atoms with E-state index in [-0.39, 0.29) is 30.4 Å². The zero-order valence-corrected chi connectivity index (χ0v) is 26.1. The highest BCUT2D eigenvalue weighted by Gasteiger charge is 2.31. The van der Waals surface area contributed by atoms with Gasteiger partial charge >= 0.3 is 0 Å². The summed E-state index contributed by atoms with van der Waals surface area (Å²) in [6, 6.07) is 23.1. The van der Waals surface area contributed by atoms with E-state index in [2.05, 4.69) is 25.6 Å². The Balaban J connectivity index is 0.000000142. The average molecular weight is 677 g/mol. The van der Waals surface area contributed by atoms with Crippen molar-refractivity contribution >= 4 is 50.7 Å². The fraction of sp³-hybridized carbons (Fsp3) is 0.375. The predicted molar refractivity (Wildman–Crippen MR) is 168 cm³/mol. The van der Waals surface area contributed by atoms with Gasteiger partial charge in [0.15, 0.2) is 0 Å². The van der Waals surface area contributed by atoms with Crippen molar-refractivity contribution in [2.45, 2.75) is 54.5 Å². The average Bonchev–Trinajstić information content (AvgIpc) is 3.76. The molecule has 3 fully saturated rings. The fourth-order valence-corrected chi connectivity index (χ4v) is 5.59. The lowest BCUT2D eigenvalue weighted by Crippen LogP contribution is -1.98. The number of hydrogen-bond donors (Lipinski definition) is 0. The highest BCUT2D eigenvalue weighted by Crippen LogP contribution is 2.33. The van der Waals surface area contributed by atoms with Crippen LogP contribution in [-0.4, -0.2) is 36.7 Å². The lowest BCUT2D eigenvalue weighted by Gasteiger charge is -2.08. The van der Waals surface area contributed by atoms with Crippen LogP contribution in [0.5, 0.6) is 0 Å². The van der Waals surface area contributed by atoms with Crippen LogP contribution < -0.4 is 0 Å². The highest BCUT2D eigenvalue weighted by molar-refractivity contribution is 9.09. The molecule has 214 valence electrons. The zero-order chi connectivity index (χ0) is 29.2. The summed E-state index contributed by atoms with van der Waals surface area (Å²) in [5.74, 6) is 0. The Morgan fingerprint density at radius 3 is 1.12 bits per heavy atom. The molecule has 3 aromatic rings. The van der Waals surface area contributed by atoms with Crippen LogP contribution in [0, 0.1) is 13.1 Å². The van der Waals surface area contributed by atoms with Crippen molar-refractivity contribution in [1.29, 1.82) is 0 Å². The molecule has 0 aromatic heterocycles. The molecule has 0 aliphatic carbocycles. The molecule has 0 saturated carbocycles. The number of ether oxygens (including phenoxy) is 3. The normalized spacial score (nSPS) is 26.6. The summed E-state index contributed by atoms with van der Waals surface area (Å²) in [6.07, 6.45) is 3.03. The van der Waals surface area contributed by atoms with Crippen LogP contribution in [0.2, 0.25) is 15.1 Å². The number of rotatable bonds is 3. The van der Waals surface area contributed by atoms with E-state index in [1.54, 1.807) is 0 Å². The predicted octanol–water partition coefficient (Wildman–Crippen LogP) is 9.74. The Kier molecular flexibility index (Phi) is 12.3. The van der Waals surface area contributed by atoms with Crippen LogP contribution in [0.15, 0.2) is 72.8 Å². The van der Waals surface area contributed by atoms with E-state index in [1.807, 2.05) is 72.8 Å². The van der Waals surface area contributed by atoms with E-state index in [4.69, 9.17) is 62.2 Å². The van der Waals surface area contributed by atoms with E-state index < -0.39 is 0 Å². The molecule has 0 amide bonds. The summed E-state index contributed by atoms with van der Waals surface area (Å²) in [5.41, 5.74) is 3.44. The molecule has 3 saturated heterocycles. The second-order valence-corrected chi connectivity index (χ2v) is 12.6. The molecular weight excluding hydrogens is 647 g/mol. The van der Waals surface area contributed by atoms with Gasteiger partial charge in [-0.15, -0.1) is 0 Å². The molecule has 0 bridgehead atoms. The van der Waals surface area contributed by atoms with Crippen LogP contribution in [0.25, 0.3) is 9.69 Å². The minimum Gasteiger partial charge on any atom is -0.372 e. The minimum absolute atomic E-state index is 0.0238. The molecular formula is C32H30BrCl3N2O3. The van der Waals surface area contributed by atoms with Crippen LogP contribution in [-0.2, 0) is 14.2 Å². The topological polar surface area (TPSA) is 36.4 Å². The van der Waals surface area contributed by atoms with Gasteiger partial charge in [-0.25, -0.2) is 13.1 Å². The molecule has 3 aliphatic rings. The quantitative estimate of drug-likeness (QED) is 0.205. The van der Waals surface area contributed by atoms with Gasteiger partial charge < -0.3 is 23.9 Å². The standard InChI is InChI=1S/2C11H10ClNO.C10H10BrClO/c2*1-13-10-6-11(14-7-10)8-2-4-9(12)5-3-8;11-8-5-10(13-6-8)7-1-3-9(12)4-2-7/h2*2-5,10-11H,6-7H2;1-4,8,10H,5-6H2/t10-,11+;10-,11-;8?,10-/m011/s1. The van der Waals surface area contributed by atoms with Gasteiger partial charge in [-0.3, -0.25) is 0 Å². The van der Waals surface area contributed by atoms with Crippen molar-refractivity contribution in [2.75, 3.05) is 19.8 Å². The van der Waals surface area contributed by atoms with Gasteiger partial charge in [-0.1, -0.05) is 87.1 Å². The van der Waals surface area contributed by atoms with Gasteiger partial charge in [0.05, 0.1) is 37.8 Å². The Hall–Kier alpha value is -2.13. The number of halogens is 4. The summed E-state index contributed by atoms with van der Waals surface area (Å²) in [6.45, 7) is 15.7. The zero-order valence-electron chi connectivity index (χ0n) is 22.3. The van der Waals surface area contributed by atoms with Gasteiger partial charge in [-0.05, 0) is 59.5 Å². The first-order valence-electron chi connectivity index (χ1n) is 13.3. The van der Waals surface area contributed by atoms with E-state index >= 15 is 0 Å². The molecule has 6 atom stereocenters. The third kappa shape index (κ3) is 9.70. The number of hydrogen-bond acceptors (Lipinski definition) is 3. The van der Waals surface area contributed by atoms with Crippen molar-refractivity contribution in [1.82, 2.24) is 0 Å². The minimum atomic E-state index is 0.0238. The number of nitrogens with zero attached hydrogens (tertiary/aromatic N) is 2. The van der Waals surface area contributed by atoms with Gasteiger partial charge in [-0.2, -0.15) is 0 Å². The Labute approximate surface area is 265 Å². The lowest BCUT2D eigenvalue weighted by molar-refractivity contribution is 0.111. The van der Waals surface area contributed by atoms with Crippen molar-refractivity contribution in [3.8, 4) is 0 Å². The van der Waals surface area contributed by atoms with Gasteiger partial charge in [0.1, 0.15) is 13.2 Å². The van der Waals surface area contributed by atoms with Crippen molar-refractivity contribution in [3.63, 3.8) is 0 Å². The van der Waals surface area contributed by atoms with Crippen LogP contribution in [0.1, 0.15) is 54.3 Å². The largest absolute Gasteiger partial charge is 0.372 e. The highest BCUT2D eigenvalue weighted by atomic mass is 79.9. The Morgan fingerprint density at radius 1 is 0.537 bits per heavy atom.